The Morgan fingerprint density at radius 1 is 1.56 bits per heavy atom. The van der Waals surface area contributed by atoms with Crippen LogP contribution in [-0.4, -0.2) is 0 Å². The summed E-state index contributed by atoms with van der Waals surface area (Å²) in [5.41, 5.74) is 5.18. The molecule has 0 amide bonds. The Labute approximate surface area is 99.2 Å². The molecule has 0 saturated carbocycles. The molecule has 1 unspecified atom stereocenters. The molecule has 16 heavy (non-hydrogen) atoms. The molecule has 2 aromatic heterocycles. The van der Waals surface area contributed by atoms with Crippen molar-refractivity contribution >= 4 is 11.3 Å². The number of hydrogen-bond donors (Lipinski definition) is 2. The van der Waals surface area contributed by atoms with Crippen molar-refractivity contribution in [2.45, 2.75) is 26.3 Å². The lowest BCUT2D eigenvalue weighted by Crippen LogP contribution is -2.28. The highest BCUT2D eigenvalue weighted by Gasteiger charge is 2.18. The van der Waals surface area contributed by atoms with Crippen molar-refractivity contribution in [2.24, 2.45) is 5.84 Å². The molecule has 2 rings (SSSR count). The minimum absolute atomic E-state index is 0.0265. The summed E-state index contributed by atoms with van der Waals surface area (Å²) in [7, 11) is 0. The Balaban J connectivity index is 2.36. The van der Waals surface area contributed by atoms with Gasteiger partial charge in [-0.2, -0.15) is 0 Å². The molecule has 2 aromatic rings. The van der Waals surface area contributed by atoms with Gasteiger partial charge in [-0.15, -0.1) is 11.3 Å². The summed E-state index contributed by atoms with van der Waals surface area (Å²) in [4.78, 5) is 1.29. The van der Waals surface area contributed by atoms with E-state index < -0.39 is 0 Å². The molecule has 0 aromatic carbocycles. The Morgan fingerprint density at radius 3 is 2.94 bits per heavy atom. The van der Waals surface area contributed by atoms with Crippen LogP contribution < -0.4 is 11.3 Å². The average molecular weight is 236 g/mol. The molecule has 0 aliphatic heterocycles. The summed E-state index contributed by atoms with van der Waals surface area (Å²) in [5.74, 6) is 6.63. The van der Waals surface area contributed by atoms with E-state index in [0.29, 0.717) is 0 Å². The monoisotopic (exact) mass is 236 g/mol. The molecular formula is C12H16N2OS. The second-order valence-corrected chi connectivity index (χ2v) is 4.86. The molecule has 0 spiro atoms. The molecule has 0 aliphatic rings. The van der Waals surface area contributed by atoms with Crippen LogP contribution >= 0.6 is 11.3 Å². The molecule has 0 aliphatic carbocycles. The number of furan rings is 1. The van der Waals surface area contributed by atoms with Crippen molar-refractivity contribution in [2.75, 3.05) is 0 Å². The van der Waals surface area contributed by atoms with Crippen LogP contribution in [0.5, 0.6) is 0 Å². The molecule has 3 nitrogen and oxygen atoms in total. The van der Waals surface area contributed by atoms with Gasteiger partial charge in [0, 0.05) is 16.9 Å². The molecule has 1 atom stereocenters. The van der Waals surface area contributed by atoms with Crippen molar-refractivity contribution < 1.29 is 4.42 Å². The van der Waals surface area contributed by atoms with Gasteiger partial charge in [-0.25, -0.2) is 5.43 Å². The molecular weight excluding hydrogens is 220 g/mol. The first-order chi connectivity index (χ1) is 7.76. The third-order valence-corrected chi connectivity index (χ3v) is 3.54. The molecule has 0 fully saturated rings. The van der Waals surface area contributed by atoms with Gasteiger partial charge in [-0.1, -0.05) is 6.92 Å². The van der Waals surface area contributed by atoms with E-state index in [1.54, 1.807) is 17.6 Å². The molecule has 0 radical (unpaired) electrons. The van der Waals surface area contributed by atoms with E-state index in [1.165, 1.54) is 10.4 Å². The van der Waals surface area contributed by atoms with Crippen LogP contribution in [0.3, 0.4) is 0 Å². The summed E-state index contributed by atoms with van der Waals surface area (Å²) in [6, 6.07) is 4.16. The first kappa shape index (κ1) is 11.4. The maximum absolute atomic E-state index is 5.64. The summed E-state index contributed by atoms with van der Waals surface area (Å²) < 4.78 is 5.43. The lowest BCUT2D eigenvalue weighted by molar-refractivity contribution is 0.502. The number of hydrazine groups is 1. The van der Waals surface area contributed by atoms with Gasteiger partial charge in [0.25, 0.3) is 0 Å². The zero-order valence-corrected chi connectivity index (χ0v) is 10.3. The van der Waals surface area contributed by atoms with Crippen molar-refractivity contribution in [1.82, 2.24) is 5.43 Å². The van der Waals surface area contributed by atoms with Crippen LogP contribution in [-0.2, 0) is 6.42 Å². The Hall–Kier alpha value is -1.10. The summed E-state index contributed by atoms with van der Waals surface area (Å²) >= 11 is 1.73. The fourth-order valence-electron chi connectivity index (χ4n) is 1.88. The first-order valence-electron chi connectivity index (χ1n) is 5.33. The van der Waals surface area contributed by atoms with Crippen LogP contribution in [0, 0.1) is 6.92 Å². The van der Waals surface area contributed by atoms with Crippen LogP contribution in [0.15, 0.2) is 28.2 Å². The number of aryl methyl sites for hydroxylation is 2. The largest absolute Gasteiger partial charge is 0.469 e. The highest BCUT2D eigenvalue weighted by atomic mass is 32.1. The highest BCUT2D eigenvalue weighted by molar-refractivity contribution is 7.10. The van der Waals surface area contributed by atoms with Crippen molar-refractivity contribution in [3.05, 3.63) is 45.5 Å². The number of nitrogens with one attached hydrogen (secondary N) is 1. The van der Waals surface area contributed by atoms with Gasteiger partial charge in [-0.3, -0.25) is 5.84 Å². The molecule has 86 valence electrons. The van der Waals surface area contributed by atoms with Gasteiger partial charge in [0.05, 0.1) is 12.3 Å². The van der Waals surface area contributed by atoms with Gasteiger partial charge >= 0.3 is 0 Å². The van der Waals surface area contributed by atoms with E-state index >= 15 is 0 Å². The van der Waals surface area contributed by atoms with Gasteiger partial charge in [0.1, 0.15) is 5.76 Å². The van der Waals surface area contributed by atoms with E-state index in [2.05, 4.69) is 30.7 Å². The Morgan fingerprint density at radius 2 is 2.38 bits per heavy atom. The topological polar surface area (TPSA) is 51.2 Å². The fraction of sp³-hybridized carbons (Fsp3) is 0.333. The maximum Gasteiger partial charge on any atom is 0.108 e. The van der Waals surface area contributed by atoms with Crippen LogP contribution in [0.2, 0.25) is 0 Å². The number of nitrogens with two attached hydrogens (primary N) is 1. The maximum atomic E-state index is 5.64. The van der Waals surface area contributed by atoms with E-state index in [1.807, 2.05) is 6.07 Å². The number of hydrogen-bond acceptors (Lipinski definition) is 4. The summed E-state index contributed by atoms with van der Waals surface area (Å²) in [6.07, 6.45) is 2.60. The second kappa shape index (κ2) is 4.82. The van der Waals surface area contributed by atoms with Crippen molar-refractivity contribution in [3.63, 3.8) is 0 Å². The average Bonchev–Trinajstić information content (AvgIpc) is 2.89. The molecule has 0 saturated heterocycles. The predicted molar refractivity (Wildman–Crippen MR) is 66.3 cm³/mol. The summed E-state index contributed by atoms with van der Waals surface area (Å²) in [5, 5.41) is 2.13. The van der Waals surface area contributed by atoms with Gasteiger partial charge in [0.15, 0.2) is 0 Å². The minimum atomic E-state index is 0.0265. The summed E-state index contributed by atoms with van der Waals surface area (Å²) in [6.45, 7) is 4.17. The van der Waals surface area contributed by atoms with E-state index in [0.717, 1.165) is 17.7 Å². The lowest BCUT2D eigenvalue weighted by Gasteiger charge is -2.14. The quantitative estimate of drug-likeness (QED) is 0.634. The van der Waals surface area contributed by atoms with Crippen LogP contribution in [0.1, 0.15) is 34.7 Å². The second-order valence-electron chi connectivity index (χ2n) is 3.74. The number of rotatable bonds is 4. The molecule has 0 bridgehead atoms. The molecule has 2 heterocycles. The first-order valence-corrected chi connectivity index (χ1v) is 6.21. The highest BCUT2D eigenvalue weighted by Crippen LogP contribution is 2.28. The van der Waals surface area contributed by atoms with E-state index in [4.69, 9.17) is 10.3 Å². The Kier molecular flexibility index (Phi) is 3.43. The van der Waals surface area contributed by atoms with Crippen molar-refractivity contribution in [3.8, 4) is 0 Å². The Bertz CT molecular complexity index is 461. The van der Waals surface area contributed by atoms with Gasteiger partial charge in [-0.05, 0) is 30.0 Å². The van der Waals surface area contributed by atoms with Gasteiger partial charge < -0.3 is 4.42 Å². The lowest BCUT2D eigenvalue weighted by atomic mass is 10.0. The van der Waals surface area contributed by atoms with Gasteiger partial charge in [0.2, 0.25) is 0 Å². The third-order valence-electron chi connectivity index (χ3n) is 2.66. The smallest absolute Gasteiger partial charge is 0.108 e. The SMILES string of the molecule is CCc1occc1C(NN)c1csc(C)c1. The van der Waals surface area contributed by atoms with E-state index in [9.17, 15) is 0 Å². The standard InChI is InChI=1S/C12H16N2OS/c1-3-11-10(4-5-15-11)12(14-13)9-6-8(2)16-7-9/h4-7,12,14H,3,13H2,1-2H3. The minimum Gasteiger partial charge on any atom is -0.469 e. The van der Waals surface area contributed by atoms with Crippen molar-refractivity contribution in [1.29, 1.82) is 0 Å². The zero-order chi connectivity index (χ0) is 11.5. The van der Waals surface area contributed by atoms with Crippen LogP contribution in [0.25, 0.3) is 0 Å². The third kappa shape index (κ3) is 2.04. The number of thiophene rings is 1. The van der Waals surface area contributed by atoms with E-state index in [-0.39, 0.29) is 6.04 Å². The molecule has 3 N–H and O–H groups in total. The normalized spacial score (nSPS) is 12.9. The zero-order valence-electron chi connectivity index (χ0n) is 9.49. The van der Waals surface area contributed by atoms with Crippen LogP contribution in [0.4, 0.5) is 0 Å². The predicted octanol–water partition coefficient (Wildman–Crippen LogP) is 2.76. The molecule has 4 heteroatoms. The fourth-order valence-corrected chi connectivity index (χ4v) is 2.61.